The molecule has 0 bridgehead atoms. The number of halogens is 3. The molecule has 200 valence electrons. The van der Waals surface area contributed by atoms with E-state index in [1.807, 2.05) is 13.8 Å². The Bertz CT molecular complexity index is 1240. The summed E-state index contributed by atoms with van der Waals surface area (Å²) in [5, 5.41) is 7.12. The largest absolute Gasteiger partial charge is 0.435 e. The van der Waals surface area contributed by atoms with Gasteiger partial charge in [0.2, 0.25) is 0 Å². The van der Waals surface area contributed by atoms with Crippen LogP contribution in [0.1, 0.15) is 65.2 Å². The number of fused-ring (bicyclic) bond motifs is 1. The molecule has 2 aliphatic rings. The molecule has 0 spiro atoms. The van der Waals surface area contributed by atoms with E-state index in [1.165, 1.54) is 23.1 Å². The monoisotopic (exact) mass is 520 g/mol. The Morgan fingerprint density at radius 1 is 1.16 bits per heavy atom. The predicted molar refractivity (Wildman–Crippen MR) is 131 cm³/mol. The molecule has 37 heavy (non-hydrogen) atoms. The second-order valence-corrected chi connectivity index (χ2v) is 10.7. The summed E-state index contributed by atoms with van der Waals surface area (Å²) in [6, 6.07) is 4.29. The van der Waals surface area contributed by atoms with E-state index in [2.05, 4.69) is 10.4 Å². The van der Waals surface area contributed by atoms with Gasteiger partial charge in [0.25, 0.3) is 5.91 Å². The Balaban J connectivity index is 1.70. The zero-order valence-electron chi connectivity index (χ0n) is 21.3. The smallest absolute Gasteiger partial charge is 0.381 e. The molecule has 1 aromatic heterocycles. The third-order valence-corrected chi connectivity index (χ3v) is 6.83. The van der Waals surface area contributed by atoms with Gasteiger partial charge in [-0.15, -0.1) is 0 Å². The second kappa shape index (κ2) is 9.38. The molecular formula is C25H31F3N6O3. The SMILES string of the molecule is CN(C)C(=O)N1CCC(Nc2cc(-n3nc(C(F)(F)F)c4c3CC(C)(C)CC4=O)ccc2C(N)=O)CC1. The molecule has 4 rings (SSSR count). The molecule has 2 aromatic rings. The third-order valence-electron chi connectivity index (χ3n) is 6.83. The number of hydrogen-bond donors (Lipinski definition) is 2. The number of Topliss-reactive ketones (excluding diaryl/α,β-unsaturated/α-hetero) is 1. The summed E-state index contributed by atoms with van der Waals surface area (Å²) in [5.74, 6) is -1.28. The van der Waals surface area contributed by atoms with Gasteiger partial charge in [-0.1, -0.05) is 13.8 Å². The van der Waals surface area contributed by atoms with Crippen molar-refractivity contribution in [2.75, 3.05) is 32.5 Å². The van der Waals surface area contributed by atoms with Crippen LogP contribution in [0.4, 0.5) is 23.7 Å². The summed E-state index contributed by atoms with van der Waals surface area (Å²) < 4.78 is 42.7. The minimum atomic E-state index is -4.79. The topological polar surface area (TPSA) is 114 Å². The summed E-state index contributed by atoms with van der Waals surface area (Å²) in [6.07, 6.45) is -3.34. The number of aromatic nitrogens is 2. The van der Waals surface area contributed by atoms with E-state index in [-0.39, 0.29) is 41.9 Å². The van der Waals surface area contributed by atoms with Crippen molar-refractivity contribution in [2.24, 2.45) is 11.1 Å². The highest BCUT2D eigenvalue weighted by Crippen LogP contribution is 2.42. The first kappa shape index (κ1) is 26.5. The van der Waals surface area contributed by atoms with Crippen LogP contribution in [0.25, 0.3) is 5.69 Å². The number of urea groups is 1. The number of anilines is 1. The molecule has 1 saturated heterocycles. The Morgan fingerprint density at radius 3 is 2.38 bits per heavy atom. The van der Waals surface area contributed by atoms with Gasteiger partial charge < -0.3 is 20.9 Å². The number of nitrogens with one attached hydrogen (secondary N) is 1. The lowest BCUT2D eigenvalue weighted by molar-refractivity contribution is -0.141. The molecule has 1 aliphatic heterocycles. The molecule has 9 nitrogen and oxygen atoms in total. The van der Waals surface area contributed by atoms with Crippen LogP contribution in [0.15, 0.2) is 18.2 Å². The minimum Gasteiger partial charge on any atom is -0.381 e. The molecule has 1 aromatic carbocycles. The van der Waals surface area contributed by atoms with Crippen molar-refractivity contribution in [1.29, 1.82) is 0 Å². The van der Waals surface area contributed by atoms with Crippen LogP contribution in [0.2, 0.25) is 0 Å². The Labute approximate surface area is 212 Å². The summed E-state index contributed by atoms with van der Waals surface area (Å²) in [5.41, 5.74) is 4.48. The standard InChI is InChI=1S/C25H31F3N6O3/c1-24(2)12-18-20(19(35)13-24)21(25(26,27)28)31-34(18)15-5-6-16(22(29)36)17(11-15)30-14-7-9-33(10-8-14)23(37)32(3)4/h5-6,11,14,30H,7-10,12-13H2,1-4H3,(H2,29,36). The van der Waals surface area contributed by atoms with Gasteiger partial charge in [-0.2, -0.15) is 18.3 Å². The molecule has 3 N–H and O–H groups in total. The lowest BCUT2D eigenvalue weighted by Gasteiger charge is -2.34. The zero-order valence-corrected chi connectivity index (χ0v) is 21.3. The Morgan fingerprint density at radius 2 is 1.81 bits per heavy atom. The van der Waals surface area contributed by atoms with Gasteiger partial charge in [0.15, 0.2) is 11.5 Å². The van der Waals surface area contributed by atoms with Gasteiger partial charge in [-0.25, -0.2) is 9.48 Å². The van der Waals surface area contributed by atoms with Crippen molar-refractivity contribution in [3.05, 3.63) is 40.7 Å². The van der Waals surface area contributed by atoms with Gasteiger partial charge in [0.05, 0.1) is 22.5 Å². The first-order valence-corrected chi connectivity index (χ1v) is 12.1. The number of carbonyl (C=O) groups excluding carboxylic acids is 3. The number of benzene rings is 1. The van der Waals surface area contributed by atoms with Crippen LogP contribution < -0.4 is 11.1 Å². The van der Waals surface area contributed by atoms with Crippen molar-refractivity contribution >= 4 is 23.4 Å². The number of piperidine rings is 1. The van der Waals surface area contributed by atoms with Crippen molar-refractivity contribution in [2.45, 2.75) is 51.7 Å². The number of amides is 3. The lowest BCUT2D eigenvalue weighted by Crippen LogP contribution is -2.46. The number of likely N-dealkylation sites (tertiary alicyclic amines) is 1. The average Bonchev–Trinajstić information content (AvgIpc) is 3.18. The Kier molecular flexibility index (Phi) is 6.72. The molecule has 2 heterocycles. The molecule has 0 radical (unpaired) electrons. The van der Waals surface area contributed by atoms with Crippen molar-refractivity contribution in [3.63, 3.8) is 0 Å². The van der Waals surface area contributed by atoms with E-state index in [1.54, 1.807) is 19.0 Å². The summed E-state index contributed by atoms with van der Waals surface area (Å²) in [7, 11) is 3.37. The highest BCUT2D eigenvalue weighted by atomic mass is 19.4. The maximum atomic E-state index is 13.8. The average molecular weight is 521 g/mol. The quantitative estimate of drug-likeness (QED) is 0.638. The van der Waals surface area contributed by atoms with E-state index in [4.69, 9.17) is 5.73 Å². The number of alkyl halides is 3. The summed E-state index contributed by atoms with van der Waals surface area (Å²) in [4.78, 5) is 40.3. The van der Waals surface area contributed by atoms with Crippen molar-refractivity contribution < 1.29 is 27.6 Å². The van der Waals surface area contributed by atoms with Gasteiger partial charge in [-0.3, -0.25) is 9.59 Å². The lowest BCUT2D eigenvalue weighted by atomic mass is 9.75. The first-order chi connectivity index (χ1) is 17.2. The maximum absolute atomic E-state index is 13.8. The highest BCUT2D eigenvalue weighted by Gasteiger charge is 2.45. The first-order valence-electron chi connectivity index (χ1n) is 12.1. The van der Waals surface area contributed by atoms with Gasteiger partial charge in [0, 0.05) is 45.3 Å². The fourth-order valence-corrected chi connectivity index (χ4v) is 5.08. The fraction of sp³-hybridized carbons (Fsp3) is 0.520. The molecule has 3 amide bonds. The van der Waals surface area contributed by atoms with Crippen molar-refractivity contribution in [1.82, 2.24) is 19.6 Å². The number of ketones is 1. The number of nitrogens with two attached hydrogens (primary N) is 1. The maximum Gasteiger partial charge on any atom is 0.435 e. The molecule has 1 fully saturated rings. The van der Waals surface area contributed by atoms with E-state index < -0.39 is 34.5 Å². The molecule has 12 heteroatoms. The fourth-order valence-electron chi connectivity index (χ4n) is 5.08. The minimum absolute atomic E-state index is 0.00276. The second-order valence-electron chi connectivity index (χ2n) is 10.7. The number of nitrogens with zero attached hydrogens (tertiary/aromatic N) is 4. The summed E-state index contributed by atoms with van der Waals surface area (Å²) >= 11 is 0. The van der Waals surface area contributed by atoms with E-state index in [9.17, 15) is 27.6 Å². The number of carbonyl (C=O) groups is 3. The van der Waals surface area contributed by atoms with Crippen LogP contribution in [0.5, 0.6) is 0 Å². The van der Waals surface area contributed by atoms with Crippen LogP contribution in [0, 0.1) is 5.41 Å². The number of rotatable bonds is 4. The van der Waals surface area contributed by atoms with Crippen LogP contribution in [-0.2, 0) is 12.6 Å². The molecule has 0 unspecified atom stereocenters. The van der Waals surface area contributed by atoms with Gasteiger partial charge >= 0.3 is 12.2 Å². The third kappa shape index (κ3) is 5.28. The van der Waals surface area contributed by atoms with Crippen molar-refractivity contribution in [3.8, 4) is 5.69 Å². The Hall–Kier alpha value is -3.57. The molecule has 0 saturated carbocycles. The highest BCUT2D eigenvalue weighted by molar-refractivity contribution is 6.00. The van der Waals surface area contributed by atoms with Crippen LogP contribution in [0.3, 0.4) is 0 Å². The van der Waals surface area contributed by atoms with Gasteiger partial charge in [-0.05, 0) is 42.9 Å². The van der Waals surface area contributed by atoms with Crippen LogP contribution >= 0.6 is 0 Å². The molecular weight excluding hydrogens is 489 g/mol. The molecule has 0 atom stereocenters. The van der Waals surface area contributed by atoms with E-state index >= 15 is 0 Å². The zero-order chi connectivity index (χ0) is 27.3. The normalized spacial score (nSPS) is 17.9. The number of primary amides is 1. The van der Waals surface area contributed by atoms with Gasteiger partial charge in [0.1, 0.15) is 0 Å². The van der Waals surface area contributed by atoms with E-state index in [0.29, 0.717) is 31.6 Å². The van der Waals surface area contributed by atoms with E-state index in [0.717, 1.165) is 4.68 Å². The molecule has 1 aliphatic carbocycles. The predicted octanol–water partition coefficient (Wildman–Crippen LogP) is 3.70. The number of hydrogen-bond acceptors (Lipinski definition) is 5. The van der Waals surface area contributed by atoms with Crippen LogP contribution in [-0.4, -0.2) is 70.5 Å². The summed E-state index contributed by atoms with van der Waals surface area (Å²) in [6.45, 7) is 4.68.